The highest BCUT2D eigenvalue weighted by molar-refractivity contribution is 5.91. The largest absolute Gasteiger partial charge is 0.379 e. The molecule has 0 atom stereocenters. The van der Waals surface area contributed by atoms with Crippen molar-refractivity contribution in [2.45, 2.75) is 13.0 Å². The molecule has 0 aromatic carbocycles. The van der Waals surface area contributed by atoms with Gasteiger partial charge in [0.2, 0.25) is 0 Å². The smallest absolute Gasteiger partial charge is 0.271 e. The molecule has 100 valence electrons. The van der Waals surface area contributed by atoms with Crippen molar-refractivity contribution in [3.63, 3.8) is 0 Å². The highest BCUT2D eigenvalue weighted by atomic mass is 16.5. The van der Waals surface area contributed by atoms with Gasteiger partial charge in [0, 0.05) is 25.8 Å². The molecule has 0 bridgehead atoms. The number of carbonyl (C=O) groups excluding carboxylic acids is 1. The van der Waals surface area contributed by atoms with E-state index in [0.717, 1.165) is 6.42 Å². The maximum absolute atomic E-state index is 11.7. The van der Waals surface area contributed by atoms with E-state index < -0.39 is 0 Å². The Balaban J connectivity index is 2.21. The number of amides is 1. The van der Waals surface area contributed by atoms with Gasteiger partial charge in [-0.05, 0) is 6.42 Å². The van der Waals surface area contributed by atoms with Crippen LogP contribution in [0, 0.1) is 0 Å². The van der Waals surface area contributed by atoms with Crippen LogP contribution >= 0.6 is 0 Å². The zero-order chi connectivity index (χ0) is 13.2. The van der Waals surface area contributed by atoms with Crippen LogP contribution in [0.5, 0.6) is 0 Å². The number of hydrogen-bond donors (Lipinski definition) is 2. The molecule has 0 aliphatic carbocycles. The van der Waals surface area contributed by atoms with Gasteiger partial charge in [-0.3, -0.25) is 4.79 Å². The van der Waals surface area contributed by atoms with Crippen LogP contribution in [-0.4, -0.2) is 41.8 Å². The maximum atomic E-state index is 11.7. The van der Waals surface area contributed by atoms with Gasteiger partial charge >= 0.3 is 0 Å². The Morgan fingerprint density at radius 1 is 1.61 bits per heavy atom. The Labute approximate surface area is 107 Å². The van der Waals surface area contributed by atoms with Crippen molar-refractivity contribution >= 4 is 5.91 Å². The van der Waals surface area contributed by atoms with Crippen LogP contribution in [0.1, 0.15) is 16.9 Å². The van der Waals surface area contributed by atoms with Gasteiger partial charge in [0.05, 0.1) is 19.5 Å². The molecular weight excluding hydrogens is 232 g/mol. The lowest BCUT2D eigenvalue weighted by Gasteiger charge is -2.03. The predicted octanol–water partition coefficient (Wildman–Crippen LogP) is 0.164. The number of nitrogens with one attached hydrogen (secondary N) is 1. The summed E-state index contributed by atoms with van der Waals surface area (Å²) in [6.45, 7) is 6.37. The summed E-state index contributed by atoms with van der Waals surface area (Å²) in [7, 11) is 0. The number of aromatic nitrogens is 2. The molecule has 6 heteroatoms. The van der Waals surface area contributed by atoms with E-state index in [1.54, 1.807) is 23.2 Å². The summed E-state index contributed by atoms with van der Waals surface area (Å²) in [6.07, 6.45) is 5.89. The highest BCUT2D eigenvalue weighted by Gasteiger charge is 2.07. The molecule has 0 radical (unpaired) electrons. The van der Waals surface area contributed by atoms with E-state index in [-0.39, 0.29) is 5.91 Å². The molecule has 0 aliphatic rings. The molecule has 1 heterocycles. The minimum absolute atomic E-state index is 0.196. The molecule has 6 nitrogen and oxygen atoms in total. The molecule has 0 saturated carbocycles. The average molecular weight is 252 g/mol. The highest BCUT2D eigenvalue weighted by Crippen LogP contribution is 1.95. The minimum atomic E-state index is -0.196. The fourth-order valence-corrected chi connectivity index (χ4v) is 1.34. The first-order valence-electron chi connectivity index (χ1n) is 5.96. The van der Waals surface area contributed by atoms with E-state index in [0.29, 0.717) is 38.5 Å². The van der Waals surface area contributed by atoms with Crippen LogP contribution < -0.4 is 11.1 Å². The second-order valence-electron chi connectivity index (χ2n) is 3.73. The molecule has 0 saturated heterocycles. The number of nitrogens with two attached hydrogens (primary N) is 1. The Hall–Kier alpha value is -1.66. The van der Waals surface area contributed by atoms with E-state index in [1.165, 1.54) is 0 Å². The normalized spacial score (nSPS) is 10.3. The third-order valence-corrected chi connectivity index (χ3v) is 2.25. The average Bonchev–Trinajstić information content (AvgIpc) is 2.82. The van der Waals surface area contributed by atoms with E-state index in [9.17, 15) is 4.79 Å². The van der Waals surface area contributed by atoms with Crippen molar-refractivity contribution in [1.29, 1.82) is 0 Å². The molecule has 1 rings (SSSR count). The number of nitrogens with zero attached hydrogens (tertiary/aromatic N) is 2. The summed E-state index contributed by atoms with van der Waals surface area (Å²) in [6, 6.07) is 0. The summed E-state index contributed by atoms with van der Waals surface area (Å²) < 4.78 is 7.06. The molecule has 1 aromatic heterocycles. The molecular formula is C12H20N4O2. The zero-order valence-corrected chi connectivity index (χ0v) is 10.5. The summed E-state index contributed by atoms with van der Waals surface area (Å²) in [5.41, 5.74) is 5.81. The van der Waals surface area contributed by atoms with Crippen LogP contribution in [0.4, 0.5) is 0 Å². The van der Waals surface area contributed by atoms with Gasteiger partial charge in [-0.15, -0.1) is 6.58 Å². The van der Waals surface area contributed by atoms with Crippen molar-refractivity contribution in [2.75, 3.05) is 26.3 Å². The summed E-state index contributed by atoms with van der Waals surface area (Å²) >= 11 is 0. The lowest BCUT2D eigenvalue weighted by molar-refractivity contribution is 0.0913. The molecule has 0 spiro atoms. The number of ether oxygens (including phenoxy) is 1. The van der Waals surface area contributed by atoms with E-state index in [2.05, 4.69) is 16.9 Å². The van der Waals surface area contributed by atoms with Gasteiger partial charge < -0.3 is 20.4 Å². The van der Waals surface area contributed by atoms with Crippen molar-refractivity contribution < 1.29 is 9.53 Å². The van der Waals surface area contributed by atoms with Crippen LogP contribution in [0.15, 0.2) is 25.2 Å². The van der Waals surface area contributed by atoms with Crippen molar-refractivity contribution in [3.8, 4) is 0 Å². The fourth-order valence-electron chi connectivity index (χ4n) is 1.34. The molecule has 0 unspecified atom stereocenters. The van der Waals surface area contributed by atoms with Gasteiger partial charge in [-0.25, -0.2) is 4.98 Å². The van der Waals surface area contributed by atoms with Gasteiger partial charge in [-0.1, -0.05) is 6.08 Å². The van der Waals surface area contributed by atoms with E-state index in [1.807, 2.05) is 0 Å². The second-order valence-corrected chi connectivity index (χ2v) is 3.73. The second kappa shape index (κ2) is 8.43. The third kappa shape index (κ3) is 5.11. The number of hydrogen-bond acceptors (Lipinski definition) is 4. The fraction of sp³-hybridized carbons (Fsp3) is 0.500. The molecule has 1 aromatic rings. The molecule has 0 aliphatic heterocycles. The van der Waals surface area contributed by atoms with Gasteiger partial charge in [0.15, 0.2) is 0 Å². The monoisotopic (exact) mass is 252 g/mol. The van der Waals surface area contributed by atoms with E-state index >= 15 is 0 Å². The lowest BCUT2D eigenvalue weighted by Crippen LogP contribution is -2.27. The third-order valence-electron chi connectivity index (χ3n) is 2.25. The SMILES string of the molecule is C=CCCOCCNC(=O)c1cn(CCN)cn1. The van der Waals surface area contributed by atoms with E-state index in [4.69, 9.17) is 10.5 Å². The van der Waals surface area contributed by atoms with Crippen LogP contribution in [0.2, 0.25) is 0 Å². The van der Waals surface area contributed by atoms with Gasteiger partial charge in [0.1, 0.15) is 5.69 Å². The Morgan fingerprint density at radius 2 is 2.44 bits per heavy atom. The minimum Gasteiger partial charge on any atom is -0.379 e. The zero-order valence-electron chi connectivity index (χ0n) is 10.5. The first-order chi connectivity index (χ1) is 8.77. The summed E-state index contributed by atoms with van der Waals surface area (Å²) in [4.78, 5) is 15.7. The Morgan fingerprint density at radius 3 is 3.17 bits per heavy atom. The standard InChI is InChI=1S/C12H20N4O2/c1-2-3-7-18-8-5-14-12(17)11-9-16(6-4-13)10-15-11/h2,9-10H,1,3-8,13H2,(H,14,17). The summed E-state index contributed by atoms with van der Waals surface area (Å²) in [5.74, 6) is -0.196. The van der Waals surface area contributed by atoms with Crippen LogP contribution in [0.25, 0.3) is 0 Å². The van der Waals surface area contributed by atoms with Crippen molar-refractivity contribution in [1.82, 2.24) is 14.9 Å². The number of carbonyl (C=O) groups is 1. The molecule has 18 heavy (non-hydrogen) atoms. The maximum Gasteiger partial charge on any atom is 0.271 e. The Bertz CT molecular complexity index is 376. The number of imidazole rings is 1. The molecule has 1 amide bonds. The van der Waals surface area contributed by atoms with Crippen LogP contribution in [0.3, 0.4) is 0 Å². The Kier molecular flexibility index (Phi) is 6.75. The predicted molar refractivity (Wildman–Crippen MR) is 69.2 cm³/mol. The lowest BCUT2D eigenvalue weighted by atomic mass is 10.4. The van der Waals surface area contributed by atoms with Crippen LogP contribution in [-0.2, 0) is 11.3 Å². The van der Waals surface area contributed by atoms with Gasteiger partial charge in [-0.2, -0.15) is 0 Å². The topological polar surface area (TPSA) is 82.2 Å². The number of rotatable bonds is 9. The first kappa shape index (κ1) is 14.4. The van der Waals surface area contributed by atoms with Crippen molar-refractivity contribution in [3.05, 3.63) is 30.9 Å². The van der Waals surface area contributed by atoms with Gasteiger partial charge in [0.25, 0.3) is 5.91 Å². The molecule has 3 N–H and O–H groups in total. The first-order valence-corrected chi connectivity index (χ1v) is 5.96. The summed E-state index contributed by atoms with van der Waals surface area (Å²) in [5, 5.41) is 2.73. The quantitative estimate of drug-likeness (QED) is 0.484. The molecule has 0 fully saturated rings. The van der Waals surface area contributed by atoms with Crippen molar-refractivity contribution in [2.24, 2.45) is 5.73 Å².